The van der Waals surface area contributed by atoms with Crippen molar-refractivity contribution in [3.05, 3.63) is 59.9 Å². The predicted octanol–water partition coefficient (Wildman–Crippen LogP) is 2.67. The van der Waals surface area contributed by atoms with E-state index in [1.165, 1.54) is 6.26 Å². The molecule has 2 aromatic rings. The quantitative estimate of drug-likeness (QED) is 0.793. The maximum atomic E-state index is 11.5. The Bertz CT molecular complexity index is 776. The van der Waals surface area contributed by atoms with Crippen molar-refractivity contribution in [2.45, 2.75) is 37.0 Å². The van der Waals surface area contributed by atoms with Crippen LogP contribution in [0.15, 0.2) is 53.6 Å². The fourth-order valence-corrected chi connectivity index (χ4v) is 3.71. The summed E-state index contributed by atoms with van der Waals surface area (Å²) in [4.78, 5) is 7.02. The van der Waals surface area contributed by atoms with Crippen LogP contribution in [0.1, 0.15) is 24.1 Å². The summed E-state index contributed by atoms with van der Waals surface area (Å²) in [5.74, 6) is 0. The highest BCUT2D eigenvalue weighted by Gasteiger charge is 2.20. The van der Waals surface area contributed by atoms with E-state index in [4.69, 9.17) is 4.74 Å². The lowest BCUT2D eigenvalue weighted by Gasteiger charge is -2.32. The number of nitrogens with zero attached hydrogens (tertiary/aromatic N) is 2. The molecular formula is C19H24N2O3S. The predicted molar refractivity (Wildman–Crippen MR) is 96.9 cm³/mol. The van der Waals surface area contributed by atoms with Crippen LogP contribution in [0.25, 0.3) is 0 Å². The van der Waals surface area contributed by atoms with Crippen LogP contribution in [-0.2, 0) is 27.7 Å². The van der Waals surface area contributed by atoms with E-state index in [1.54, 1.807) is 18.3 Å². The van der Waals surface area contributed by atoms with E-state index in [0.717, 1.165) is 43.7 Å². The molecule has 1 aromatic heterocycles. The Morgan fingerprint density at radius 1 is 1.20 bits per heavy atom. The maximum absolute atomic E-state index is 11.5. The van der Waals surface area contributed by atoms with E-state index in [-0.39, 0.29) is 6.10 Å². The minimum absolute atomic E-state index is 0.214. The fourth-order valence-electron chi connectivity index (χ4n) is 3.08. The van der Waals surface area contributed by atoms with Crippen LogP contribution >= 0.6 is 0 Å². The second kappa shape index (κ2) is 8.08. The largest absolute Gasteiger partial charge is 0.371 e. The molecule has 0 spiro atoms. The molecule has 0 unspecified atom stereocenters. The number of ether oxygens (including phenoxy) is 1. The van der Waals surface area contributed by atoms with Gasteiger partial charge >= 0.3 is 0 Å². The topological polar surface area (TPSA) is 59.5 Å². The number of rotatable bonds is 6. The summed E-state index contributed by atoms with van der Waals surface area (Å²) < 4.78 is 29.1. The molecule has 0 bridgehead atoms. The lowest BCUT2D eigenvalue weighted by atomic mass is 10.1. The molecule has 134 valence electrons. The van der Waals surface area contributed by atoms with Crippen LogP contribution in [0.3, 0.4) is 0 Å². The van der Waals surface area contributed by atoms with Gasteiger partial charge in [0, 0.05) is 25.5 Å². The third-order valence-electron chi connectivity index (χ3n) is 4.41. The Morgan fingerprint density at radius 2 is 2.00 bits per heavy atom. The highest BCUT2D eigenvalue weighted by atomic mass is 32.2. The summed E-state index contributed by atoms with van der Waals surface area (Å²) in [5.41, 5.74) is 2.08. The zero-order valence-corrected chi connectivity index (χ0v) is 15.3. The van der Waals surface area contributed by atoms with Gasteiger partial charge in [0.2, 0.25) is 0 Å². The molecule has 25 heavy (non-hydrogen) atoms. The van der Waals surface area contributed by atoms with Crippen molar-refractivity contribution >= 4 is 9.84 Å². The summed E-state index contributed by atoms with van der Waals surface area (Å²) >= 11 is 0. The Kier molecular flexibility index (Phi) is 5.83. The van der Waals surface area contributed by atoms with Crippen LogP contribution in [0.2, 0.25) is 0 Å². The van der Waals surface area contributed by atoms with Crippen LogP contribution < -0.4 is 0 Å². The van der Waals surface area contributed by atoms with Crippen molar-refractivity contribution in [3.8, 4) is 0 Å². The molecule has 1 fully saturated rings. The first kappa shape index (κ1) is 18.0. The number of pyridine rings is 1. The zero-order chi connectivity index (χ0) is 17.7. The molecule has 2 heterocycles. The smallest absolute Gasteiger partial charge is 0.175 e. The lowest BCUT2D eigenvalue weighted by Crippen LogP contribution is -2.39. The molecular weight excluding hydrogens is 336 g/mol. The van der Waals surface area contributed by atoms with Crippen molar-refractivity contribution in [2.75, 3.05) is 19.3 Å². The summed E-state index contributed by atoms with van der Waals surface area (Å²) in [6.45, 7) is 3.29. The van der Waals surface area contributed by atoms with E-state index in [0.29, 0.717) is 11.5 Å². The molecule has 1 atom stereocenters. The van der Waals surface area contributed by atoms with Crippen LogP contribution in [-0.4, -0.2) is 43.8 Å². The lowest BCUT2D eigenvalue weighted by molar-refractivity contribution is -0.0132. The van der Waals surface area contributed by atoms with Crippen molar-refractivity contribution in [1.29, 1.82) is 0 Å². The van der Waals surface area contributed by atoms with Gasteiger partial charge in [-0.2, -0.15) is 0 Å². The van der Waals surface area contributed by atoms with Gasteiger partial charge in [-0.05, 0) is 49.2 Å². The van der Waals surface area contributed by atoms with E-state index in [1.807, 2.05) is 30.3 Å². The van der Waals surface area contributed by atoms with Crippen LogP contribution in [0, 0.1) is 0 Å². The van der Waals surface area contributed by atoms with Crippen molar-refractivity contribution in [3.63, 3.8) is 0 Å². The number of piperidine rings is 1. The zero-order valence-electron chi connectivity index (χ0n) is 14.5. The third kappa shape index (κ3) is 5.36. The first-order chi connectivity index (χ1) is 12.0. The number of benzene rings is 1. The number of sulfone groups is 1. The molecule has 1 aliphatic heterocycles. The minimum atomic E-state index is -3.13. The van der Waals surface area contributed by atoms with Gasteiger partial charge in [0.25, 0.3) is 0 Å². The first-order valence-electron chi connectivity index (χ1n) is 8.53. The standard InChI is InChI=1S/C19H24N2O3S/c1-25(22,23)19-9-7-16(8-10-19)13-21-12-4-6-18(14-21)24-15-17-5-2-3-11-20-17/h2-3,5,7-11,18H,4,6,12-15H2,1H3/t18-/m1/s1. The Labute approximate surface area is 149 Å². The van der Waals surface area contributed by atoms with Gasteiger partial charge in [-0.25, -0.2) is 8.42 Å². The summed E-state index contributed by atoms with van der Waals surface area (Å²) in [6, 6.07) is 13.0. The number of likely N-dealkylation sites (tertiary alicyclic amines) is 1. The molecule has 5 nitrogen and oxygen atoms in total. The fraction of sp³-hybridized carbons (Fsp3) is 0.421. The molecule has 1 aromatic carbocycles. The monoisotopic (exact) mass is 360 g/mol. The van der Waals surface area contributed by atoms with Gasteiger partial charge in [-0.15, -0.1) is 0 Å². The van der Waals surface area contributed by atoms with Gasteiger partial charge in [-0.1, -0.05) is 18.2 Å². The van der Waals surface area contributed by atoms with E-state index in [9.17, 15) is 8.42 Å². The molecule has 0 saturated carbocycles. The van der Waals surface area contributed by atoms with Gasteiger partial charge in [0.15, 0.2) is 9.84 Å². The Balaban J connectivity index is 1.53. The third-order valence-corrected chi connectivity index (χ3v) is 5.54. The van der Waals surface area contributed by atoms with Crippen LogP contribution in [0.5, 0.6) is 0 Å². The highest BCUT2D eigenvalue weighted by molar-refractivity contribution is 7.90. The Hall–Kier alpha value is -1.76. The van der Waals surface area contributed by atoms with Crippen molar-refractivity contribution in [2.24, 2.45) is 0 Å². The molecule has 0 radical (unpaired) electrons. The second-order valence-corrected chi connectivity index (χ2v) is 8.56. The maximum Gasteiger partial charge on any atom is 0.175 e. The van der Waals surface area contributed by atoms with Crippen LogP contribution in [0.4, 0.5) is 0 Å². The Morgan fingerprint density at radius 3 is 2.68 bits per heavy atom. The average molecular weight is 360 g/mol. The summed E-state index contributed by atoms with van der Waals surface area (Å²) in [6.07, 6.45) is 5.40. The molecule has 1 aliphatic rings. The van der Waals surface area contributed by atoms with Gasteiger partial charge in [-0.3, -0.25) is 9.88 Å². The normalized spacial score (nSPS) is 19.0. The van der Waals surface area contributed by atoms with Gasteiger partial charge in [0.05, 0.1) is 23.3 Å². The van der Waals surface area contributed by atoms with Crippen molar-refractivity contribution < 1.29 is 13.2 Å². The SMILES string of the molecule is CS(=O)(=O)c1ccc(CN2CCC[C@@H](OCc3ccccn3)C2)cc1. The van der Waals surface area contributed by atoms with E-state index in [2.05, 4.69) is 9.88 Å². The average Bonchev–Trinajstić information content (AvgIpc) is 2.61. The van der Waals surface area contributed by atoms with Gasteiger partial charge < -0.3 is 4.74 Å². The first-order valence-corrected chi connectivity index (χ1v) is 10.4. The summed E-state index contributed by atoms with van der Waals surface area (Å²) in [7, 11) is -3.13. The van der Waals surface area contributed by atoms with E-state index < -0.39 is 9.84 Å². The molecule has 0 N–H and O–H groups in total. The van der Waals surface area contributed by atoms with Gasteiger partial charge in [0.1, 0.15) is 0 Å². The summed E-state index contributed by atoms with van der Waals surface area (Å²) in [5, 5.41) is 0. The molecule has 1 saturated heterocycles. The number of hydrogen-bond donors (Lipinski definition) is 0. The molecule has 6 heteroatoms. The number of hydrogen-bond acceptors (Lipinski definition) is 5. The highest BCUT2D eigenvalue weighted by Crippen LogP contribution is 2.18. The number of aromatic nitrogens is 1. The molecule has 3 rings (SSSR count). The molecule has 0 amide bonds. The van der Waals surface area contributed by atoms with E-state index >= 15 is 0 Å². The minimum Gasteiger partial charge on any atom is -0.371 e. The molecule has 0 aliphatic carbocycles. The van der Waals surface area contributed by atoms with Crippen molar-refractivity contribution in [1.82, 2.24) is 9.88 Å². The second-order valence-electron chi connectivity index (χ2n) is 6.55.